The molecule has 2 aromatic rings. The molecule has 1 aromatic heterocycles. The molecule has 9 heteroatoms. The van der Waals surface area contributed by atoms with Gasteiger partial charge in [-0.2, -0.15) is 5.10 Å². The van der Waals surface area contributed by atoms with E-state index in [-0.39, 0.29) is 5.95 Å². The number of nitrogens with two attached hydrogens (primary N) is 1. The van der Waals surface area contributed by atoms with Crippen LogP contribution in [0.25, 0.3) is 0 Å². The topological polar surface area (TPSA) is 93.6 Å². The van der Waals surface area contributed by atoms with Crippen molar-refractivity contribution < 1.29 is 12.8 Å². The molecule has 0 amide bonds. The van der Waals surface area contributed by atoms with Gasteiger partial charge in [-0.25, -0.2) is 26.8 Å². The SMILES string of the molecule is Cc1cn(N=Cc2ccc(F)c(S(=O)(=O)N(C)C)c2)c(N)n1. The van der Waals surface area contributed by atoms with Gasteiger partial charge >= 0.3 is 0 Å². The lowest BCUT2D eigenvalue weighted by atomic mass is 10.2. The smallest absolute Gasteiger partial charge is 0.245 e. The minimum Gasteiger partial charge on any atom is -0.368 e. The average molecular weight is 325 g/mol. The van der Waals surface area contributed by atoms with Crippen molar-refractivity contribution in [3.05, 3.63) is 41.5 Å². The molecule has 0 saturated carbocycles. The summed E-state index contributed by atoms with van der Waals surface area (Å²) in [6.45, 7) is 1.77. The molecule has 0 saturated heterocycles. The normalized spacial score (nSPS) is 12.4. The highest BCUT2D eigenvalue weighted by molar-refractivity contribution is 7.89. The number of benzene rings is 1. The number of rotatable bonds is 4. The molecule has 0 unspecified atom stereocenters. The van der Waals surface area contributed by atoms with E-state index in [1.807, 2.05) is 0 Å². The summed E-state index contributed by atoms with van der Waals surface area (Å²) < 4.78 is 40.2. The Hall–Kier alpha value is -2.26. The molecule has 118 valence electrons. The van der Waals surface area contributed by atoms with E-state index in [2.05, 4.69) is 10.1 Å². The number of aromatic nitrogens is 2. The third kappa shape index (κ3) is 3.15. The average Bonchev–Trinajstić information content (AvgIpc) is 2.75. The summed E-state index contributed by atoms with van der Waals surface area (Å²) in [6.07, 6.45) is 3.00. The van der Waals surface area contributed by atoms with Crippen molar-refractivity contribution in [1.82, 2.24) is 14.0 Å². The molecule has 2 rings (SSSR count). The maximum atomic E-state index is 13.8. The van der Waals surface area contributed by atoms with Gasteiger partial charge in [0.1, 0.15) is 10.7 Å². The van der Waals surface area contributed by atoms with Crippen molar-refractivity contribution in [2.75, 3.05) is 19.8 Å². The van der Waals surface area contributed by atoms with Gasteiger partial charge in [0.25, 0.3) is 0 Å². The highest BCUT2D eigenvalue weighted by Crippen LogP contribution is 2.18. The lowest BCUT2D eigenvalue weighted by Crippen LogP contribution is -2.23. The van der Waals surface area contributed by atoms with Gasteiger partial charge in [-0.1, -0.05) is 6.07 Å². The largest absolute Gasteiger partial charge is 0.368 e. The van der Waals surface area contributed by atoms with E-state index in [1.165, 1.54) is 37.1 Å². The Morgan fingerprint density at radius 1 is 1.41 bits per heavy atom. The van der Waals surface area contributed by atoms with Crippen molar-refractivity contribution in [1.29, 1.82) is 0 Å². The third-order valence-corrected chi connectivity index (χ3v) is 4.71. The van der Waals surface area contributed by atoms with Gasteiger partial charge in [-0.3, -0.25) is 0 Å². The van der Waals surface area contributed by atoms with Crippen LogP contribution in [0.4, 0.5) is 10.3 Å². The van der Waals surface area contributed by atoms with Crippen molar-refractivity contribution in [2.24, 2.45) is 5.10 Å². The number of halogens is 1. The number of nitrogen functional groups attached to an aromatic ring is 1. The number of aryl methyl sites for hydroxylation is 1. The van der Waals surface area contributed by atoms with Gasteiger partial charge in [0.2, 0.25) is 16.0 Å². The fraction of sp³-hybridized carbons (Fsp3) is 0.231. The molecule has 22 heavy (non-hydrogen) atoms. The van der Waals surface area contributed by atoms with Crippen LogP contribution in [0.15, 0.2) is 34.4 Å². The zero-order chi connectivity index (χ0) is 16.5. The number of sulfonamides is 1. The summed E-state index contributed by atoms with van der Waals surface area (Å²) in [5.41, 5.74) is 6.77. The number of nitrogens with zero attached hydrogens (tertiary/aromatic N) is 4. The molecule has 1 heterocycles. The highest BCUT2D eigenvalue weighted by Gasteiger charge is 2.21. The molecule has 1 aromatic carbocycles. The first-order chi connectivity index (χ1) is 10.2. The second-order valence-corrected chi connectivity index (χ2v) is 6.93. The predicted octanol–water partition coefficient (Wildman–Crippen LogP) is 1.05. The van der Waals surface area contributed by atoms with Crippen LogP contribution in [0.1, 0.15) is 11.3 Å². The maximum Gasteiger partial charge on any atom is 0.245 e. The number of imidazole rings is 1. The van der Waals surface area contributed by atoms with E-state index in [4.69, 9.17) is 5.73 Å². The first kappa shape index (κ1) is 16.1. The summed E-state index contributed by atoms with van der Waals surface area (Å²) in [6, 6.07) is 3.72. The first-order valence-electron chi connectivity index (χ1n) is 6.29. The minimum absolute atomic E-state index is 0.206. The third-order valence-electron chi connectivity index (χ3n) is 2.88. The van der Waals surface area contributed by atoms with Crippen LogP contribution in [0, 0.1) is 12.7 Å². The van der Waals surface area contributed by atoms with Gasteiger partial charge in [0.15, 0.2) is 0 Å². The second kappa shape index (κ2) is 5.85. The zero-order valence-electron chi connectivity index (χ0n) is 12.4. The van der Waals surface area contributed by atoms with Gasteiger partial charge in [0.05, 0.1) is 18.1 Å². The van der Waals surface area contributed by atoms with Gasteiger partial charge in [-0.15, -0.1) is 0 Å². The van der Waals surface area contributed by atoms with Crippen LogP contribution in [0.3, 0.4) is 0 Å². The Balaban J connectivity index is 2.40. The van der Waals surface area contributed by atoms with Crippen LogP contribution in [0.5, 0.6) is 0 Å². The van der Waals surface area contributed by atoms with Crippen LogP contribution < -0.4 is 5.73 Å². The van der Waals surface area contributed by atoms with Crippen molar-refractivity contribution in [3.63, 3.8) is 0 Å². The number of hydrogen-bond donors (Lipinski definition) is 1. The lowest BCUT2D eigenvalue weighted by Gasteiger charge is -2.12. The van der Waals surface area contributed by atoms with Gasteiger partial charge < -0.3 is 5.73 Å². The molecular formula is C13H16FN5O2S. The Kier molecular flexibility index (Phi) is 4.29. The molecule has 0 atom stereocenters. The highest BCUT2D eigenvalue weighted by atomic mass is 32.2. The van der Waals surface area contributed by atoms with Gasteiger partial charge in [-0.05, 0) is 24.6 Å². The molecule has 0 fully saturated rings. The molecule has 0 aliphatic carbocycles. The summed E-state index contributed by atoms with van der Waals surface area (Å²) in [5, 5.41) is 4.07. The van der Waals surface area contributed by atoms with E-state index in [0.717, 1.165) is 10.4 Å². The van der Waals surface area contributed by atoms with E-state index < -0.39 is 20.7 Å². The van der Waals surface area contributed by atoms with Crippen LogP contribution in [-0.4, -0.2) is 42.7 Å². The summed E-state index contributed by atoms with van der Waals surface area (Å²) in [7, 11) is -1.19. The van der Waals surface area contributed by atoms with E-state index >= 15 is 0 Å². The Bertz CT molecular complexity index is 827. The van der Waals surface area contributed by atoms with Crippen LogP contribution in [0.2, 0.25) is 0 Å². The summed E-state index contributed by atoms with van der Waals surface area (Å²) >= 11 is 0. The van der Waals surface area contributed by atoms with Crippen LogP contribution in [-0.2, 0) is 10.0 Å². The van der Waals surface area contributed by atoms with Crippen molar-refractivity contribution in [3.8, 4) is 0 Å². The Morgan fingerprint density at radius 2 is 2.09 bits per heavy atom. The fourth-order valence-electron chi connectivity index (χ4n) is 1.72. The van der Waals surface area contributed by atoms with E-state index in [9.17, 15) is 12.8 Å². The van der Waals surface area contributed by atoms with Crippen molar-refractivity contribution >= 4 is 22.2 Å². The first-order valence-corrected chi connectivity index (χ1v) is 7.73. The monoisotopic (exact) mass is 325 g/mol. The van der Waals surface area contributed by atoms with E-state index in [1.54, 1.807) is 13.1 Å². The molecule has 0 aliphatic rings. The molecule has 0 aliphatic heterocycles. The van der Waals surface area contributed by atoms with Crippen LogP contribution >= 0.6 is 0 Å². The number of anilines is 1. The lowest BCUT2D eigenvalue weighted by molar-refractivity contribution is 0.508. The predicted molar refractivity (Wildman–Crippen MR) is 81.6 cm³/mol. The maximum absolute atomic E-state index is 13.8. The molecular weight excluding hydrogens is 309 g/mol. The molecule has 0 spiro atoms. The molecule has 0 bridgehead atoms. The van der Waals surface area contributed by atoms with Gasteiger partial charge in [0, 0.05) is 14.1 Å². The minimum atomic E-state index is -3.86. The summed E-state index contributed by atoms with van der Waals surface area (Å²) in [5.74, 6) is -0.610. The molecule has 2 N–H and O–H groups in total. The Morgan fingerprint density at radius 3 is 2.64 bits per heavy atom. The molecule has 7 nitrogen and oxygen atoms in total. The Labute approximate surface area is 127 Å². The summed E-state index contributed by atoms with van der Waals surface area (Å²) in [4.78, 5) is 3.58. The fourth-order valence-corrected chi connectivity index (χ4v) is 2.71. The van der Waals surface area contributed by atoms with E-state index in [0.29, 0.717) is 11.3 Å². The number of hydrogen-bond acceptors (Lipinski definition) is 5. The second-order valence-electron chi connectivity index (χ2n) is 4.81. The quantitative estimate of drug-likeness (QED) is 0.850. The zero-order valence-corrected chi connectivity index (χ0v) is 13.2. The molecule has 0 radical (unpaired) electrons. The van der Waals surface area contributed by atoms with Crippen molar-refractivity contribution in [2.45, 2.75) is 11.8 Å². The standard InChI is InChI=1S/C13H16FN5O2S/c1-9-8-19(13(15)17-9)16-7-10-4-5-11(14)12(6-10)22(20,21)18(2)3/h4-8H,1-3H3,(H2,15,17).